The number of urea groups is 1. The quantitative estimate of drug-likeness (QED) is 0.908. The Balaban J connectivity index is 1.53. The van der Waals surface area contributed by atoms with Gasteiger partial charge in [0.1, 0.15) is 0 Å². The van der Waals surface area contributed by atoms with E-state index in [0.29, 0.717) is 31.2 Å². The van der Waals surface area contributed by atoms with Gasteiger partial charge in [-0.15, -0.1) is 0 Å². The fraction of sp³-hybridized carbons (Fsp3) is 0.412. The SMILES string of the molecule is O=C(Nc1cnn(Cc2ccccc2)c1)N1CCC(CO)CC1. The van der Waals surface area contributed by atoms with Crippen LogP contribution in [0.4, 0.5) is 10.5 Å². The molecule has 0 aliphatic carbocycles. The summed E-state index contributed by atoms with van der Waals surface area (Å²) in [5.74, 6) is 0.327. The number of aliphatic hydroxyl groups excluding tert-OH is 1. The molecule has 122 valence electrons. The number of carbonyl (C=O) groups is 1. The van der Waals surface area contributed by atoms with Crippen molar-refractivity contribution in [1.82, 2.24) is 14.7 Å². The van der Waals surface area contributed by atoms with Crippen molar-refractivity contribution in [2.45, 2.75) is 19.4 Å². The highest BCUT2D eigenvalue weighted by Crippen LogP contribution is 2.17. The lowest BCUT2D eigenvalue weighted by molar-refractivity contribution is 0.143. The molecule has 6 nitrogen and oxygen atoms in total. The number of carbonyl (C=O) groups excluding carboxylic acids is 1. The fourth-order valence-electron chi connectivity index (χ4n) is 2.81. The maximum absolute atomic E-state index is 12.2. The number of piperidine rings is 1. The lowest BCUT2D eigenvalue weighted by atomic mass is 9.98. The molecule has 1 aliphatic heterocycles. The Kier molecular flexibility index (Phi) is 4.92. The average Bonchev–Trinajstić information content (AvgIpc) is 3.02. The minimum atomic E-state index is -0.0966. The number of rotatable bonds is 4. The number of likely N-dealkylation sites (tertiary alicyclic amines) is 1. The maximum Gasteiger partial charge on any atom is 0.321 e. The van der Waals surface area contributed by atoms with E-state index in [1.165, 1.54) is 5.56 Å². The summed E-state index contributed by atoms with van der Waals surface area (Å²) in [5, 5.41) is 16.3. The van der Waals surface area contributed by atoms with Crippen molar-refractivity contribution in [2.75, 3.05) is 25.0 Å². The van der Waals surface area contributed by atoms with Crippen LogP contribution in [0.5, 0.6) is 0 Å². The molecule has 0 radical (unpaired) electrons. The minimum Gasteiger partial charge on any atom is -0.396 e. The first-order valence-electron chi connectivity index (χ1n) is 7.98. The van der Waals surface area contributed by atoms with Crippen LogP contribution in [0.2, 0.25) is 0 Å². The van der Waals surface area contributed by atoms with Crippen molar-refractivity contribution in [2.24, 2.45) is 5.92 Å². The number of hydrogen-bond donors (Lipinski definition) is 2. The van der Waals surface area contributed by atoms with E-state index in [4.69, 9.17) is 5.11 Å². The Bertz CT molecular complexity index is 633. The van der Waals surface area contributed by atoms with Crippen molar-refractivity contribution >= 4 is 11.7 Å². The average molecular weight is 314 g/mol. The van der Waals surface area contributed by atoms with Gasteiger partial charge in [-0.2, -0.15) is 5.10 Å². The van der Waals surface area contributed by atoms with E-state index in [9.17, 15) is 4.79 Å². The van der Waals surface area contributed by atoms with Crippen molar-refractivity contribution in [3.05, 3.63) is 48.3 Å². The van der Waals surface area contributed by atoms with Crippen molar-refractivity contribution in [3.63, 3.8) is 0 Å². The summed E-state index contributed by atoms with van der Waals surface area (Å²) < 4.78 is 1.81. The second-order valence-electron chi connectivity index (χ2n) is 5.96. The monoisotopic (exact) mass is 314 g/mol. The van der Waals surface area contributed by atoms with E-state index in [2.05, 4.69) is 10.4 Å². The van der Waals surface area contributed by atoms with Gasteiger partial charge in [0.05, 0.1) is 18.4 Å². The number of amides is 2. The van der Waals surface area contributed by atoms with Crippen LogP contribution in [-0.2, 0) is 6.54 Å². The largest absolute Gasteiger partial charge is 0.396 e. The number of nitrogens with zero attached hydrogens (tertiary/aromatic N) is 3. The number of benzene rings is 1. The zero-order valence-electron chi connectivity index (χ0n) is 13.1. The van der Waals surface area contributed by atoms with Gasteiger partial charge in [-0.3, -0.25) is 4.68 Å². The molecular formula is C17H22N4O2. The molecule has 2 aromatic rings. The van der Waals surface area contributed by atoms with Crippen molar-refractivity contribution in [1.29, 1.82) is 0 Å². The molecule has 23 heavy (non-hydrogen) atoms. The van der Waals surface area contributed by atoms with E-state index in [0.717, 1.165) is 12.8 Å². The summed E-state index contributed by atoms with van der Waals surface area (Å²) in [7, 11) is 0. The minimum absolute atomic E-state index is 0.0966. The van der Waals surface area contributed by atoms with Crippen LogP contribution in [0.15, 0.2) is 42.7 Å². The lowest BCUT2D eigenvalue weighted by Gasteiger charge is -2.30. The van der Waals surface area contributed by atoms with Gasteiger partial charge < -0.3 is 15.3 Å². The maximum atomic E-state index is 12.2. The van der Waals surface area contributed by atoms with Gasteiger partial charge in [0.25, 0.3) is 0 Å². The second-order valence-corrected chi connectivity index (χ2v) is 5.96. The zero-order valence-corrected chi connectivity index (χ0v) is 13.1. The third-order valence-electron chi connectivity index (χ3n) is 4.23. The third-order valence-corrected chi connectivity index (χ3v) is 4.23. The van der Waals surface area contributed by atoms with Crippen molar-refractivity contribution < 1.29 is 9.90 Å². The van der Waals surface area contributed by atoms with Gasteiger partial charge >= 0.3 is 6.03 Å². The standard InChI is InChI=1S/C17H22N4O2/c22-13-15-6-8-20(9-7-15)17(23)19-16-10-18-21(12-16)11-14-4-2-1-3-5-14/h1-5,10,12,15,22H,6-9,11,13H2,(H,19,23). The molecule has 0 spiro atoms. The summed E-state index contributed by atoms with van der Waals surface area (Å²) in [6, 6.07) is 9.98. The highest BCUT2D eigenvalue weighted by Gasteiger charge is 2.22. The van der Waals surface area contributed by atoms with E-state index < -0.39 is 0 Å². The number of nitrogens with one attached hydrogen (secondary N) is 1. The molecule has 2 heterocycles. The Morgan fingerprint density at radius 2 is 2.00 bits per heavy atom. The molecule has 0 bridgehead atoms. The Morgan fingerprint density at radius 1 is 1.26 bits per heavy atom. The molecule has 0 saturated carbocycles. The molecule has 1 saturated heterocycles. The van der Waals surface area contributed by atoms with Crippen LogP contribution >= 0.6 is 0 Å². The zero-order chi connectivity index (χ0) is 16.1. The Morgan fingerprint density at radius 3 is 2.70 bits per heavy atom. The van der Waals surface area contributed by atoms with Gasteiger partial charge in [0, 0.05) is 25.9 Å². The first kappa shape index (κ1) is 15.6. The smallest absolute Gasteiger partial charge is 0.321 e. The van der Waals surface area contributed by atoms with Gasteiger partial charge in [-0.1, -0.05) is 30.3 Å². The molecule has 2 amide bonds. The van der Waals surface area contributed by atoms with Crippen LogP contribution in [0, 0.1) is 5.92 Å². The van der Waals surface area contributed by atoms with Crippen molar-refractivity contribution in [3.8, 4) is 0 Å². The molecule has 1 fully saturated rings. The molecule has 6 heteroatoms. The number of anilines is 1. The van der Waals surface area contributed by atoms with Crippen LogP contribution in [-0.4, -0.2) is 45.5 Å². The van der Waals surface area contributed by atoms with Gasteiger partial charge in [0.15, 0.2) is 0 Å². The van der Waals surface area contributed by atoms with Crippen LogP contribution in [0.1, 0.15) is 18.4 Å². The summed E-state index contributed by atoms with van der Waals surface area (Å²) in [6.45, 7) is 2.27. The highest BCUT2D eigenvalue weighted by atomic mass is 16.3. The Hall–Kier alpha value is -2.34. The van der Waals surface area contributed by atoms with Crippen LogP contribution in [0.3, 0.4) is 0 Å². The predicted molar refractivity (Wildman–Crippen MR) is 88.2 cm³/mol. The molecule has 3 rings (SSSR count). The summed E-state index contributed by atoms with van der Waals surface area (Å²) in [5.41, 5.74) is 1.87. The molecule has 1 aromatic heterocycles. The summed E-state index contributed by atoms with van der Waals surface area (Å²) in [6.07, 6.45) is 5.22. The molecule has 1 aromatic carbocycles. The molecule has 1 aliphatic rings. The lowest BCUT2D eigenvalue weighted by Crippen LogP contribution is -2.41. The highest BCUT2D eigenvalue weighted by molar-refractivity contribution is 5.89. The van der Waals surface area contributed by atoms with Crippen LogP contribution < -0.4 is 5.32 Å². The van der Waals surface area contributed by atoms with Gasteiger partial charge in [-0.05, 0) is 24.3 Å². The van der Waals surface area contributed by atoms with Gasteiger partial charge in [-0.25, -0.2) is 4.79 Å². The Labute approximate surface area is 135 Å². The number of hydrogen-bond acceptors (Lipinski definition) is 3. The normalized spacial score (nSPS) is 15.6. The molecule has 0 unspecified atom stereocenters. The topological polar surface area (TPSA) is 70.4 Å². The third kappa shape index (κ3) is 4.10. The summed E-state index contributed by atoms with van der Waals surface area (Å²) >= 11 is 0. The fourth-order valence-corrected chi connectivity index (χ4v) is 2.81. The molecular weight excluding hydrogens is 292 g/mol. The molecule has 0 atom stereocenters. The first-order chi connectivity index (χ1) is 11.2. The molecule has 2 N–H and O–H groups in total. The summed E-state index contributed by atoms with van der Waals surface area (Å²) in [4.78, 5) is 14.0. The number of aromatic nitrogens is 2. The van der Waals surface area contributed by atoms with E-state index in [1.54, 1.807) is 11.1 Å². The second kappa shape index (κ2) is 7.28. The van der Waals surface area contributed by atoms with E-state index in [1.807, 2.05) is 41.2 Å². The number of aliphatic hydroxyl groups is 1. The first-order valence-corrected chi connectivity index (χ1v) is 7.98. The van der Waals surface area contributed by atoms with Gasteiger partial charge in [0.2, 0.25) is 0 Å². The van der Waals surface area contributed by atoms with E-state index >= 15 is 0 Å². The van der Waals surface area contributed by atoms with Crippen LogP contribution in [0.25, 0.3) is 0 Å². The van der Waals surface area contributed by atoms with E-state index in [-0.39, 0.29) is 12.6 Å². The predicted octanol–water partition coefficient (Wildman–Crippen LogP) is 2.17.